The summed E-state index contributed by atoms with van der Waals surface area (Å²) in [7, 11) is 0. The number of anilines is 5. The van der Waals surface area contributed by atoms with Gasteiger partial charge in [-0.3, -0.25) is 95.7 Å². The second-order valence-corrected chi connectivity index (χ2v) is 28.3. The van der Waals surface area contributed by atoms with Crippen molar-refractivity contribution in [3.63, 3.8) is 0 Å². The molecule has 25 atom stereocenters. The number of primary amides is 1. The fourth-order valence-electron chi connectivity index (χ4n) is 12.0. The van der Waals surface area contributed by atoms with Crippen LogP contribution in [-0.2, 0) is 76.1 Å². The molecule has 1 amide bonds. The molecule has 0 unspecified atom stereocenters. The van der Waals surface area contributed by atoms with E-state index in [1.807, 2.05) is 0 Å². The molecule has 0 radical (unpaired) electrons. The molecule has 1 saturated carbocycles. The van der Waals surface area contributed by atoms with Crippen molar-refractivity contribution < 1.29 is 163 Å². The van der Waals surface area contributed by atoms with Gasteiger partial charge in [0.05, 0.1) is 25.0 Å². The van der Waals surface area contributed by atoms with Crippen molar-refractivity contribution in [2.24, 2.45) is 34.6 Å². The molecule has 0 spiro atoms. The second kappa shape index (κ2) is 47.1. The molecule has 124 heavy (non-hydrogen) atoms. The van der Waals surface area contributed by atoms with Crippen LogP contribution in [0.3, 0.4) is 0 Å². The molecular formula is C65H96N20O38Se. The molecule has 11 rings (SSSR count). The maximum atomic E-state index is 11.9. The topological polar surface area (TPSA) is 903 Å². The maximum Gasteiger partial charge on any atom is 0.351 e. The van der Waals surface area contributed by atoms with E-state index < -0.39 is 244 Å². The van der Waals surface area contributed by atoms with Gasteiger partial charge in [-0.05, 0) is 44.0 Å². The van der Waals surface area contributed by atoms with E-state index in [9.17, 15) is 109 Å². The molecule has 32 N–H and O–H groups in total. The van der Waals surface area contributed by atoms with Gasteiger partial charge in [-0.25, -0.2) is 19.2 Å². The Morgan fingerprint density at radius 2 is 0.661 bits per heavy atom. The van der Waals surface area contributed by atoms with Crippen molar-refractivity contribution in [2.75, 3.05) is 67.0 Å². The van der Waals surface area contributed by atoms with Crippen LogP contribution >= 0.6 is 0 Å². The molecule has 5 aromatic rings. The molecule has 5 aromatic heterocycles. The number of aliphatic hydroxyl groups is 12. The molecule has 5 saturated heterocycles. The predicted molar refractivity (Wildman–Crippen MR) is 402 cm³/mol. The smallest absolute Gasteiger partial charge is 0.351 e. The molecule has 58 nitrogen and oxygen atoms in total. The van der Waals surface area contributed by atoms with Crippen LogP contribution in [0.1, 0.15) is 70.2 Å². The minimum atomic E-state index is -1.51. The van der Waals surface area contributed by atoms with E-state index in [-0.39, 0.29) is 54.2 Å². The van der Waals surface area contributed by atoms with Gasteiger partial charge in [0.15, 0.2) is 48.2 Å². The van der Waals surface area contributed by atoms with E-state index in [4.69, 9.17) is 107 Å². The summed E-state index contributed by atoms with van der Waals surface area (Å²) in [6, 6.07) is 1.75. The van der Waals surface area contributed by atoms with E-state index in [1.54, 1.807) is 27.4 Å². The van der Waals surface area contributed by atoms with Gasteiger partial charge in [0, 0.05) is 24.8 Å². The van der Waals surface area contributed by atoms with Crippen LogP contribution in [0.2, 0.25) is 5.32 Å². The van der Waals surface area contributed by atoms with Gasteiger partial charge in [-0.1, -0.05) is 12.8 Å². The van der Waals surface area contributed by atoms with Gasteiger partial charge in [0.1, 0.15) is 118 Å². The number of carbonyl (C=O) groups is 6. The van der Waals surface area contributed by atoms with E-state index in [1.165, 1.54) is 68.2 Å². The minimum absolute atomic E-state index is 0.0590. The first-order valence-electron chi connectivity index (χ1n) is 36.9. The molecule has 5 aliphatic heterocycles. The maximum absolute atomic E-state index is 11.9. The van der Waals surface area contributed by atoms with Crippen LogP contribution in [0.15, 0.2) is 85.3 Å². The van der Waals surface area contributed by atoms with Crippen LogP contribution in [0.4, 0.5) is 29.1 Å². The Labute approximate surface area is 702 Å². The largest absolute Gasteiger partial charge is 0.463 e. The van der Waals surface area contributed by atoms with E-state index in [0.717, 1.165) is 48.5 Å². The third kappa shape index (κ3) is 26.2. The van der Waals surface area contributed by atoms with Crippen molar-refractivity contribution in [2.45, 2.75) is 197 Å². The van der Waals surface area contributed by atoms with Crippen LogP contribution < -0.4 is 84.5 Å². The Morgan fingerprint density at radius 3 is 0.887 bits per heavy atom. The van der Waals surface area contributed by atoms with E-state index >= 15 is 0 Å². The van der Waals surface area contributed by atoms with Gasteiger partial charge in [-0.15, -0.1) is 0 Å². The summed E-state index contributed by atoms with van der Waals surface area (Å²) < 4.78 is 56.3. The molecule has 59 heteroatoms. The van der Waals surface area contributed by atoms with Crippen molar-refractivity contribution in [1.82, 2.24) is 47.8 Å². The minimum Gasteiger partial charge on any atom is -0.463 e. The second-order valence-electron chi connectivity index (χ2n) is 27.6. The number of aromatic nitrogens is 10. The number of nitrogens with two attached hydrogens (primary N) is 5. The molecule has 6 aliphatic rings. The average molecular weight is 1840 g/mol. The Balaban J connectivity index is 0.000000213. The number of nitrogens with one attached hydrogen (secondary N) is 5. The summed E-state index contributed by atoms with van der Waals surface area (Å²) >= 11 is 2.16. The van der Waals surface area contributed by atoms with Crippen LogP contribution in [0, 0.1) is 5.92 Å². The van der Waals surface area contributed by atoms with Gasteiger partial charge in [-0.2, -0.15) is 19.9 Å². The van der Waals surface area contributed by atoms with E-state index in [2.05, 4.69) is 40.9 Å². The van der Waals surface area contributed by atoms with Crippen LogP contribution in [-0.4, -0.2) is 348 Å². The normalized spacial score (nSPS) is 28.0. The molecule has 0 bridgehead atoms. The molecule has 690 valence electrons. The van der Waals surface area contributed by atoms with Gasteiger partial charge >= 0.3 is 179 Å². The fraction of sp³-hybridized carbons (Fsp3) is 0.600. The third-order valence-corrected chi connectivity index (χ3v) is 19.8. The average Bonchev–Trinajstić information content (AvgIpc) is 1.67. The summed E-state index contributed by atoms with van der Waals surface area (Å²) in [6.07, 6.45) is -17.8. The first-order valence-corrected chi connectivity index (χ1v) is 38.2. The summed E-state index contributed by atoms with van der Waals surface area (Å²) in [4.78, 5) is 146. The zero-order valence-electron chi connectivity index (χ0n) is 64.8. The van der Waals surface area contributed by atoms with Crippen LogP contribution in [0.5, 0.6) is 0 Å². The first-order chi connectivity index (χ1) is 58.8. The summed E-state index contributed by atoms with van der Waals surface area (Å²) in [5.74, 6) is -5.10. The number of carbonyl (C=O) groups excluding carboxylic acids is 6. The number of hydrogen-bond donors (Lipinski definition) is 27. The number of nitrogens with zero attached hydrogens (tertiary/aromatic N) is 10. The number of hydrogen-bond acceptors (Lipinski definition) is 52. The molecule has 0 aromatic carbocycles. The van der Waals surface area contributed by atoms with Crippen molar-refractivity contribution in [1.29, 1.82) is 0 Å². The molecule has 6 fully saturated rings. The number of aliphatic hydroxyl groups excluding tert-OH is 12. The summed E-state index contributed by atoms with van der Waals surface area (Å²) in [6.45, 7) is -1.17. The Bertz CT molecular complexity index is 4460. The van der Waals surface area contributed by atoms with E-state index in [0.29, 0.717) is 5.32 Å². The van der Waals surface area contributed by atoms with Crippen molar-refractivity contribution in [3.05, 3.63) is 114 Å². The standard InChI is InChI=1S/C15H21N3O7.C13H19N5O8.C13H20N4O8.C12H18N4O8.C12H18N4O7Se/c19-11-9(7-24-14(21)8-3-1-2-4-8)25-13(12(11)20)18-6-5-10(17-23)16-15(18)22;14-5(3-7(15)19)12(22)25-4-6-9(20)10(21)11(26-6)18-2-1-8(17-24)16-13(18)23;1-5(18)8(14)12(21)24-4-6-9(19)10(20)11(25-6)17-3-2-7(16-23)15-13(17)22;13-5(3-17)11(20)23-4-6-8(18)9(19)10(24-6)16-2-1-7(15-22)14-12(16)21;13-5(4-24)11(19)22-3-6-8(17)9(18)10(23-6)16-2-1-7(15-21)14-12(16)20/h5-6,8-9,11-13,19-20,23H,1-4,7H2,(H,16,17,22);1-2,5-6,9-11,20-21,24H,3-4,14H2,(H2,15,19)(H,16,17,23);2-3,5-6,8-11,18-20,23H,4,14H2,1H3,(H,15,16,22);1-2,5-6,8-10,17-19,22H,3-4,13H2,(H,14,15,21);1-2,5-6,8-10,17-18,21,24H,3-4,13H2,(H,14,15,20)/t9-,11-,12-,13-;5-,6+,9+,10+,11+;5-,6-,8+,9-,10-,11-;2*5-,6+,8+,9+,10+/m10100/s1. The SMILES string of the molecule is C[C@@H](O)[C@H](N)C(=O)OC[C@H]1O[C@@H](n2ccc(NO)nc2=O)[C@H](O)[C@@H]1O.NC(=O)C[C@H](N)C(=O)OC[C@H]1O[C@@H](n2ccc(NO)nc2=O)[C@H](O)[C@@H]1O.N[C@@H](CO)C(=O)OC[C@H]1O[C@@H](n2ccc(NO)nc2=O)[C@H](O)[C@@H]1O.N[C@@H](C[SeH])C(=O)OC[C@H]1O[C@@H](n2ccc(NO)nc2=O)[C@H](O)[C@@H]1O.O=C(OC[C@H]1O[C@@H](n2ccc(NO)nc2=O)[C@H](O)[C@@H]1O)C1CCCC1. The quantitative estimate of drug-likeness (QED) is 0.00878. The number of ether oxygens (including phenoxy) is 10. The first kappa shape index (κ1) is 101. The van der Waals surface area contributed by atoms with Gasteiger partial charge < -0.3 is 112 Å². The zero-order chi connectivity index (χ0) is 91.8. The Morgan fingerprint density at radius 1 is 0.419 bits per heavy atom. The van der Waals surface area contributed by atoms with Crippen molar-refractivity contribution in [3.8, 4) is 0 Å². The molecular weight excluding hydrogens is 1750 g/mol. The van der Waals surface area contributed by atoms with Crippen molar-refractivity contribution >= 4 is 80.9 Å². The third-order valence-electron chi connectivity index (χ3n) is 18.9. The molecule has 1 aliphatic carbocycles. The predicted octanol–water partition coefficient (Wildman–Crippen LogP) is -13.9. The number of rotatable bonds is 30. The molecule has 10 heterocycles. The Hall–Kier alpha value is -10.3. The number of amides is 1. The monoisotopic (exact) mass is 1840 g/mol. The van der Waals surface area contributed by atoms with Crippen LogP contribution in [0.25, 0.3) is 0 Å². The summed E-state index contributed by atoms with van der Waals surface area (Å²) in [5.41, 5.74) is 30.9. The summed E-state index contributed by atoms with van der Waals surface area (Å²) in [5, 5.41) is 162. The van der Waals surface area contributed by atoms with Gasteiger partial charge in [0.25, 0.3) is 0 Å². The Kier molecular flexibility index (Phi) is 38.3. The zero-order valence-corrected chi connectivity index (χ0v) is 66.6. The fourth-order valence-corrected chi connectivity index (χ4v) is 12.3. The number of esters is 5. The van der Waals surface area contributed by atoms with Gasteiger partial charge in [0.2, 0.25) is 5.91 Å².